The van der Waals surface area contributed by atoms with Crippen LogP contribution in [0.3, 0.4) is 0 Å². The summed E-state index contributed by atoms with van der Waals surface area (Å²) in [4.78, 5) is 158. The first kappa shape index (κ1) is 50.6. The van der Waals surface area contributed by atoms with E-state index >= 15 is 0 Å². The number of amides is 7. The highest BCUT2D eigenvalue weighted by Crippen LogP contribution is 2.17. The van der Waals surface area contributed by atoms with Gasteiger partial charge in [0.15, 0.2) is 0 Å². The van der Waals surface area contributed by atoms with Crippen molar-refractivity contribution in [3.05, 3.63) is 70.8 Å². The summed E-state index contributed by atoms with van der Waals surface area (Å²) in [6, 6.07) is 11.5. The number of unbranched alkanes of at least 4 members (excludes halogenated alkanes) is 1. The Morgan fingerprint density at radius 2 is 1.05 bits per heavy atom. The van der Waals surface area contributed by atoms with Gasteiger partial charge < -0.3 is 50.2 Å². The third-order valence-electron chi connectivity index (χ3n) is 9.38. The molecule has 1 aliphatic rings. The Kier molecular flexibility index (Phi) is 19.5. The largest absolute Gasteiger partial charge is 0.481 e. The standard InChI is InChI=1S/C41H48N6O17/c1-26-6-4-7-27(20-26)39(61)42-15-2-3-16-43(25-38(59)60)32(50)22-44(17-12-35(53)54)33(51)23-45(18-13-36(55)56)34(52)24-46(19-14-37(57)58)40(62)28-8-5-9-29(21-28)41(63)64-47-30(48)10-11-31(47)49/h4-9,20-21H,2-3,10-19,22-25H2,1H3,(H,42,61)(H,53,54)(H,55,56)(H,57,58)(H,59,60). The number of aryl methyl sites for hydroxylation is 1. The van der Waals surface area contributed by atoms with Crippen molar-refractivity contribution in [2.24, 2.45) is 0 Å². The molecule has 1 aliphatic heterocycles. The zero-order valence-electron chi connectivity index (χ0n) is 34.8. The summed E-state index contributed by atoms with van der Waals surface area (Å²) in [6.07, 6.45) is -1.98. The van der Waals surface area contributed by atoms with Gasteiger partial charge in [-0.05, 0) is 50.1 Å². The molecule has 7 amide bonds. The Labute approximate surface area is 365 Å². The smallest absolute Gasteiger partial charge is 0.363 e. The van der Waals surface area contributed by atoms with Crippen molar-refractivity contribution >= 4 is 71.2 Å². The molecule has 2 aromatic rings. The quantitative estimate of drug-likeness (QED) is 0.0606. The highest BCUT2D eigenvalue weighted by Gasteiger charge is 2.34. The summed E-state index contributed by atoms with van der Waals surface area (Å²) in [5, 5.41) is 40.7. The Bertz CT molecular complexity index is 2130. The van der Waals surface area contributed by atoms with E-state index in [2.05, 4.69) is 5.32 Å². The van der Waals surface area contributed by atoms with Crippen LogP contribution in [0.1, 0.15) is 81.6 Å². The van der Waals surface area contributed by atoms with Crippen LogP contribution in [0.4, 0.5) is 0 Å². The number of carboxylic acid groups (broad SMARTS) is 4. The van der Waals surface area contributed by atoms with Crippen molar-refractivity contribution in [2.45, 2.75) is 51.9 Å². The average molecular weight is 897 g/mol. The van der Waals surface area contributed by atoms with Gasteiger partial charge in [0.05, 0.1) is 37.9 Å². The van der Waals surface area contributed by atoms with Gasteiger partial charge in [0, 0.05) is 56.7 Å². The number of carbonyl (C=O) groups is 12. The van der Waals surface area contributed by atoms with Crippen LogP contribution in [0.5, 0.6) is 0 Å². The molecule has 0 bridgehead atoms. The summed E-state index contributed by atoms with van der Waals surface area (Å²) in [7, 11) is 0. The number of rotatable bonds is 26. The number of hydroxylamine groups is 2. The number of imide groups is 1. The van der Waals surface area contributed by atoms with E-state index < -0.39 is 130 Å². The van der Waals surface area contributed by atoms with E-state index in [4.69, 9.17) is 4.84 Å². The van der Waals surface area contributed by atoms with E-state index in [0.29, 0.717) is 16.9 Å². The van der Waals surface area contributed by atoms with Crippen LogP contribution >= 0.6 is 0 Å². The summed E-state index contributed by atoms with van der Waals surface area (Å²) >= 11 is 0. The van der Waals surface area contributed by atoms with Crippen LogP contribution in [0.15, 0.2) is 48.5 Å². The normalized spacial score (nSPS) is 11.9. The van der Waals surface area contributed by atoms with Gasteiger partial charge >= 0.3 is 29.8 Å². The highest BCUT2D eigenvalue weighted by molar-refractivity contribution is 6.04. The average Bonchev–Trinajstić information content (AvgIpc) is 3.55. The number of aliphatic carboxylic acids is 4. The number of nitrogens with one attached hydrogen (secondary N) is 1. The van der Waals surface area contributed by atoms with Crippen molar-refractivity contribution in [1.29, 1.82) is 0 Å². The Hall–Kier alpha value is -7.72. The molecule has 23 nitrogen and oxygen atoms in total. The van der Waals surface area contributed by atoms with Crippen molar-refractivity contribution < 1.29 is 82.8 Å². The summed E-state index contributed by atoms with van der Waals surface area (Å²) < 4.78 is 0. The molecule has 2 aromatic carbocycles. The molecule has 23 heteroatoms. The minimum atomic E-state index is -1.41. The van der Waals surface area contributed by atoms with E-state index in [1.807, 2.05) is 13.0 Å². The number of hydrogen-bond donors (Lipinski definition) is 5. The minimum absolute atomic E-state index is 0.141. The van der Waals surface area contributed by atoms with Crippen LogP contribution in [-0.2, 0) is 48.0 Å². The second-order valence-corrected chi connectivity index (χ2v) is 14.4. The number of nitrogens with zero attached hydrogens (tertiary/aromatic N) is 5. The maximum absolute atomic E-state index is 13.8. The number of benzene rings is 2. The molecule has 1 saturated heterocycles. The number of carbonyl (C=O) groups excluding carboxylic acids is 8. The van der Waals surface area contributed by atoms with Crippen LogP contribution in [0.25, 0.3) is 0 Å². The lowest BCUT2D eigenvalue weighted by atomic mass is 10.1. The number of hydrogen-bond acceptors (Lipinski definition) is 13. The van der Waals surface area contributed by atoms with Gasteiger partial charge in [0.25, 0.3) is 23.6 Å². The van der Waals surface area contributed by atoms with Gasteiger partial charge in [-0.3, -0.25) is 52.7 Å². The lowest BCUT2D eigenvalue weighted by molar-refractivity contribution is -0.172. The maximum atomic E-state index is 13.8. The molecule has 1 heterocycles. The molecule has 0 unspecified atom stereocenters. The third kappa shape index (κ3) is 16.6. The van der Waals surface area contributed by atoms with Gasteiger partial charge in [0.2, 0.25) is 17.7 Å². The summed E-state index contributed by atoms with van der Waals surface area (Å²) in [6.45, 7) is -3.57. The first-order valence-electron chi connectivity index (χ1n) is 19.8. The second kappa shape index (κ2) is 24.7. The first-order valence-corrected chi connectivity index (χ1v) is 19.8. The highest BCUT2D eigenvalue weighted by atomic mass is 16.7. The Morgan fingerprint density at radius 1 is 0.578 bits per heavy atom. The van der Waals surface area contributed by atoms with Crippen LogP contribution in [-0.4, -0.2) is 175 Å². The molecule has 0 atom stereocenters. The molecule has 0 aromatic heterocycles. The summed E-state index contributed by atoms with van der Waals surface area (Å²) in [5.41, 5.74) is 0.717. The van der Waals surface area contributed by atoms with Crippen molar-refractivity contribution in [2.75, 3.05) is 58.9 Å². The molecule has 0 saturated carbocycles. The molecular formula is C41H48N6O17. The fraction of sp³-hybridized carbons (Fsp3) is 0.415. The van der Waals surface area contributed by atoms with Gasteiger partial charge in [-0.1, -0.05) is 23.8 Å². The molecule has 5 N–H and O–H groups in total. The van der Waals surface area contributed by atoms with Gasteiger partial charge in [-0.15, -0.1) is 5.06 Å². The first-order chi connectivity index (χ1) is 30.2. The van der Waals surface area contributed by atoms with Gasteiger partial charge in [-0.25, -0.2) is 4.79 Å². The Morgan fingerprint density at radius 3 is 1.56 bits per heavy atom. The molecule has 344 valence electrons. The van der Waals surface area contributed by atoms with Crippen molar-refractivity contribution in [3.8, 4) is 0 Å². The predicted octanol–water partition coefficient (Wildman–Crippen LogP) is -0.137. The Balaban J connectivity index is 1.77. The summed E-state index contributed by atoms with van der Waals surface area (Å²) in [5.74, 6) is -12.7. The van der Waals surface area contributed by atoms with E-state index in [9.17, 15) is 78.0 Å². The van der Waals surface area contributed by atoms with E-state index in [0.717, 1.165) is 26.3 Å². The van der Waals surface area contributed by atoms with E-state index in [-0.39, 0.29) is 54.4 Å². The number of carboxylic acids is 4. The van der Waals surface area contributed by atoms with E-state index in [1.165, 1.54) is 18.2 Å². The predicted molar refractivity (Wildman–Crippen MR) is 216 cm³/mol. The lowest BCUT2D eigenvalue weighted by Crippen LogP contribution is -2.51. The molecule has 1 fully saturated rings. The van der Waals surface area contributed by atoms with E-state index in [1.54, 1.807) is 18.2 Å². The molecule has 0 radical (unpaired) electrons. The zero-order chi connectivity index (χ0) is 47.5. The molecule has 0 spiro atoms. The third-order valence-corrected chi connectivity index (χ3v) is 9.38. The molecule has 64 heavy (non-hydrogen) atoms. The lowest BCUT2D eigenvalue weighted by Gasteiger charge is -2.30. The second-order valence-electron chi connectivity index (χ2n) is 14.4. The molecule has 0 aliphatic carbocycles. The maximum Gasteiger partial charge on any atom is 0.363 e. The van der Waals surface area contributed by atoms with Gasteiger partial charge in [0.1, 0.15) is 13.1 Å². The zero-order valence-corrected chi connectivity index (χ0v) is 34.8. The fourth-order valence-corrected chi connectivity index (χ4v) is 6.05. The minimum Gasteiger partial charge on any atom is -0.481 e. The fourth-order valence-electron chi connectivity index (χ4n) is 6.05. The molecular weight excluding hydrogens is 848 g/mol. The van der Waals surface area contributed by atoms with Crippen LogP contribution < -0.4 is 5.32 Å². The SMILES string of the molecule is Cc1cccc(C(=O)NCCCCN(CC(=O)O)C(=O)CN(CCC(=O)O)C(=O)CN(CCC(=O)O)C(=O)CN(CCC(=O)O)C(=O)c2cccc(C(=O)ON3C(=O)CCC3=O)c2)c1. The topological polar surface area (TPSA) is 323 Å². The van der Waals surface area contributed by atoms with Crippen molar-refractivity contribution in [3.63, 3.8) is 0 Å². The monoisotopic (exact) mass is 896 g/mol. The molecule has 3 rings (SSSR count). The van der Waals surface area contributed by atoms with Crippen LogP contribution in [0.2, 0.25) is 0 Å². The van der Waals surface area contributed by atoms with Gasteiger partial charge in [-0.2, -0.15) is 0 Å². The van der Waals surface area contributed by atoms with Crippen LogP contribution in [0, 0.1) is 6.92 Å². The van der Waals surface area contributed by atoms with Crippen molar-refractivity contribution in [1.82, 2.24) is 30.0 Å².